The minimum Gasteiger partial charge on any atom is -0.339 e. The Kier molecular flexibility index (Phi) is 6.62. The van der Waals surface area contributed by atoms with E-state index in [-0.39, 0.29) is 41.6 Å². The van der Waals surface area contributed by atoms with Crippen LogP contribution in [0.4, 0.5) is 5.69 Å². The number of hydrogen-bond acceptors (Lipinski definition) is 4. The van der Waals surface area contributed by atoms with E-state index in [1.807, 2.05) is 35.2 Å². The summed E-state index contributed by atoms with van der Waals surface area (Å²) in [6.45, 7) is 0.737. The van der Waals surface area contributed by atoms with Crippen molar-refractivity contribution in [1.82, 2.24) is 9.21 Å². The molecule has 1 aliphatic heterocycles. The summed E-state index contributed by atoms with van der Waals surface area (Å²) in [6, 6.07) is 15.8. The molecular weight excluding hydrogens is 426 g/mol. The highest BCUT2D eigenvalue weighted by Gasteiger charge is 2.38. The maximum absolute atomic E-state index is 12.9. The Morgan fingerprint density at radius 2 is 1.72 bits per heavy atom. The standard InChI is InChI=1S/C24H29N3O4S/c1-26(16-18-7-3-2-4-8-18)32(30,31)22-13-11-20(12-14-22)25-24(29)19-15-23(28)27(17-19)21-9-5-6-10-21/h2-4,7-8,11-14,19,21H,5-6,9-10,15-17H2,1H3,(H,25,29)/t19-/m1/s1. The van der Waals surface area contributed by atoms with Crippen molar-refractivity contribution in [2.45, 2.75) is 49.6 Å². The highest BCUT2D eigenvalue weighted by Crippen LogP contribution is 2.30. The third kappa shape index (κ3) is 4.86. The van der Waals surface area contributed by atoms with Gasteiger partial charge in [-0.3, -0.25) is 9.59 Å². The first-order valence-electron chi connectivity index (χ1n) is 11.1. The van der Waals surface area contributed by atoms with Crippen LogP contribution in [-0.2, 0) is 26.2 Å². The Hall–Kier alpha value is -2.71. The second kappa shape index (κ2) is 9.42. The van der Waals surface area contributed by atoms with Gasteiger partial charge in [0.05, 0.1) is 10.8 Å². The lowest BCUT2D eigenvalue weighted by Gasteiger charge is -2.23. The number of amides is 2. The number of rotatable bonds is 7. The molecule has 2 aromatic carbocycles. The summed E-state index contributed by atoms with van der Waals surface area (Å²) in [5, 5.41) is 2.84. The lowest BCUT2D eigenvalue weighted by atomic mass is 10.1. The van der Waals surface area contributed by atoms with E-state index >= 15 is 0 Å². The molecule has 0 radical (unpaired) electrons. The Morgan fingerprint density at radius 1 is 1.06 bits per heavy atom. The van der Waals surface area contributed by atoms with Crippen molar-refractivity contribution in [3.63, 3.8) is 0 Å². The first-order chi connectivity index (χ1) is 15.3. The normalized spacial score (nSPS) is 19.6. The maximum Gasteiger partial charge on any atom is 0.243 e. The molecule has 0 bridgehead atoms. The van der Waals surface area contributed by atoms with Crippen LogP contribution in [0.25, 0.3) is 0 Å². The fraction of sp³-hybridized carbons (Fsp3) is 0.417. The summed E-state index contributed by atoms with van der Waals surface area (Å²) in [6.07, 6.45) is 4.56. The third-order valence-electron chi connectivity index (χ3n) is 6.37. The number of nitrogens with one attached hydrogen (secondary N) is 1. The van der Waals surface area contributed by atoms with Gasteiger partial charge < -0.3 is 10.2 Å². The molecule has 2 aliphatic rings. The lowest BCUT2D eigenvalue weighted by Crippen LogP contribution is -2.35. The summed E-state index contributed by atoms with van der Waals surface area (Å²) >= 11 is 0. The highest BCUT2D eigenvalue weighted by molar-refractivity contribution is 7.89. The van der Waals surface area contributed by atoms with E-state index in [0.29, 0.717) is 12.2 Å². The van der Waals surface area contributed by atoms with Crippen LogP contribution in [0.2, 0.25) is 0 Å². The number of carbonyl (C=O) groups is 2. The number of hydrogen-bond donors (Lipinski definition) is 1. The van der Waals surface area contributed by atoms with E-state index in [1.165, 1.54) is 16.4 Å². The summed E-state index contributed by atoms with van der Waals surface area (Å²) < 4.78 is 27.0. The number of benzene rings is 2. The summed E-state index contributed by atoms with van der Waals surface area (Å²) in [4.78, 5) is 27.1. The van der Waals surface area contributed by atoms with E-state index in [9.17, 15) is 18.0 Å². The number of nitrogens with zero attached hydrogens (tertiary/aromatic N) is 2. The van der Waals surface area contributed by atoms with Gasteiger partial charge in [0.1, 0.15) is 0 Å². The average Bonchev–Trinajstić information content (AvgIpc) is 3.44. The minimum atomic E-state index is -3.65. The zero-order valence-corrected chi connectivity index (χ0v) is 19.1. The molecule has 8 heteroatoms. The molecule has 2 fully saturated rings. The van der Waals surface area contributed by atoms with Crippen molar-refractivity contribution in [2.75, 3.05) is 18.9 Å². The first kappa shape index (κ1) is 22.5. The van der Waals surface area contributed by atoms with E-state index in [1.54, 1.807) is 19.2 Å². The van der Waals surface area contributed by atoms with Crippen LogP contribution < -0.4 is 5.32 Å². The molecule has 2 aromatic rings. The SMILES string of the molecule is CN(Cc1ccccc1)S(=O)(=O)c1ccc(NC(=O)[C@@H]2CC(=O)N(C3CCCC3)C2)cc1. The topological polar surface area (TPSA) is 86.8 Å². The monoisotopic (exact) mass is 455 g/mol. The van der Waals surface area contributed by atoms with Crippen molar-refractivity contribution in [1.29, 1.82) is 0 Å². The number of anilines is 1. The van der Waals surface area contributed by atoms with E-state index in [2.05, 4.69) is 5.32 Å². The zero-order chi connectivity index (χ0) is 22.7. The van der Waals surface area contributed by atoms with Crippen molar-refractivity contribution in [2.24, 2.45) is 5.92 Å². The number of carbonyl (C=O) groups excluding carboxylic acids is 2. The van der Waals surface area contributed by atoms with E-state index in [0.717, 1.165) is 31.2 Å². The molecule has 1 saturated carbocycles. The molecular formula is C24H29N3O4S. The Bertz CT molecular complexity index is 1060. The van der Waals surface area contributed by atoms with Crippen molar-refractivity contribution in [3.05, 3.63) is 60.2 Å². The van der Waals surface area contributed by atoms with Gasteiger partial charge in [-0.25, -0.2) is 8.42 Å². The molecule has 1 atom stereocenters. The molecule has 170 valence electrons. The van der Waals surface area contributed by atoms with Gasteiger partial charge in [-0.05, 0) is 42.7 Å². The van der Waals surface area contributed by atoms with Crippen LogP contribution in [0.1, 0.15) is 37.7 Å². The van der Waals surface area contributed by atoms with Crippen LogP contribution in [0.5, 0.6) is 0 Å². The van der Waals surface area contributed by atoms with Gasteiger partial charge in [0.15, 0.2) is 0 Å². The van der Waals surface area contributed by atoms with Gasteiger partial charge in [0.25, 0.3) is 0 Å². The Balaban J connectivity index is 1.37. The average molecular weight is 456 g/mol. The molecule has 7 nitrogen and oxygen atoms in total. The van der Waals surface area contributed by atoms with Gasteiger partial charge in [0.2, 0.25) is 21.8 Å². The highest BCUT2D eigenvalue weighted by atomic mass is 32.2. The fourth-order valence-electron chi connectivity index (χ4n) is 4.54. The maximum atomic E-state index is 12.9. The largest absolute Gasteiger partial charge is 0.339 e. The van der Waals surface area contributed by atoms with E-state index < -0.39 is 10.0 Å². The fourth-order valence-corrected chi connectivity index (χ4v) is 5.70. The van der Waals surface area contributed by atoms with Crippen LogP contribution in [-0.4, -0.2) is 49.1 Å². The second-order valence-electron chi connectivity index (χ2n) is 8.65. The second-order valence-corrected chi connectivity index (χ2v) is 10.7. The van der Waals surface area contributed by atoms with Gasteiger partial charge in [-0.1, -0.05) is 43.2 Å². The lowest BCUT2D eigenvalue weighted by molar-refractivity contribution is -0.129. The zero-order valence-electron chi connectivity index (χ0n) is 18.2. The molecule has 1 aliphatic carbocycles. The summed E-state index contributed by atoms with van der Waals surface area (Å²) in [5.74, 6) is -0.515. The van der Waals surface area contributed by atoms with Crippen LogP contribution in [0.3, 0.4) is 0 Å². The quantitative estimate of drug-likeness (QED) is 0.694. The molecule has 1 N–H and O–H groups in total. The van der Waals surface area contributed by atoms with Crippen molar-refractivity contribution in [3.8, 4) is 0 Å². The number of likely N-dealkylation sites (tertiary alicyclic amines) is 1. The molecule has 2 amide bonds. The molecule has 32 heavy (non-hydrogen) atoms. The molecule has 0 spiro atoms. The Morgan fingerprint density at radius 3 is 2.38 bits per heavy atom. The smallest absolute Gasteiger partial charge is 0.243 e. The van der Waals surface area contributed by atoms with Crippen LogP contribution in [0.15, 0.2) is 59.5 Å². The summed E-state index contributed by atoms with van der Waals surface area (Å²) in [7, 11) is -2.11. The minimum absolute atomic E-state index is 0.0555. The van der Waals surface area contributed by atoms with Crippen LogP contribution >= 0.6 is 0 Å². The molecule has 0 unspecified atom stereocenters. The molecule has 0 aromatic heterocycles. The van der Waals surface area contributed by atoms with Gasteiger partial charge >= 0.3 is 0 Å². The van der Waals surface area contributed by atoms with Gasteiger partial charge in [-0.2, -0.15) is 4.31 Å². The molecule has 4 rings (SSSR count). The van der Waals surface area contributed by atoms with Gasteiger partial charge in [0, 0.05) is 38.3 Å². The van der Waals surface area contributed by atoms with Gasteiger partial charge in [-0.15, -0.1) is 0 Å². The first-order valence-corrected chi connectivity index (χ1v) is 12.5. The van der Waals surface area contributed by atoms with Crippen molar-refractivity contribution < 1.29 is 18.0 Å². The summed E-state index contributed by atoms with van der Waals surface area (Å²) in [5.41, 5.74) is 1.42. The predicted molar refractivity (Wildman–Crippen MR) is 122 cm³/mol. The Labute approximate surface area is 189 Å². The third-order valence-corrected chi connectivity index (χ3v) is 8.19. The van der Waals surface area contributed by atoms with E-state index in [4.69, 9.17) is 0 Å². The number of sulfonamides is 1. The molecule has 1 saturated heterocycles. The predicted octanol–water partition coefficient (Wildman–Crippen LogP) is 3.24. The van der Waals surface area contributed by atoms with Crippen LogP contribution in [0, 0.1) is 5.92 Å². The van der Waals surface area contributed by atoms with Crippen molar-refractivity contribution >= 4 is 27.5 Å². The molecule has 1 heterocycles.